The molecule has 0 aliphatic carbocycles. The number of hydrogen-bond acceptors (Lipinski definition) is 4. The van der Waals surface area contributed by atoms with Gasteiger partial charge in [0, 0.05) is 19.2 Å². The first kappa shape index (κ1) is 17.3. The minimum Gasteiger partial charge on any atom is -0.395 e. The minimum absolute atomic E-state index is 0.00898. The Labute approximate surface area is 150 Å². The summed E-state index contributed by atoms with van der Waals surface area (Å²) in [5, 5.41) is 9.30. The van der Waals surface area contributed by atoms with Gasteiger partial charge in [0.05, 0.1) is 17.2 Å². The second-order valence-corrected chi connectivity index (χ2v) is 6.73. The fourth-order valence-corrected chi connectivity index (χ4v) is 3.80. The van der Waals surface area contributed by atoms with Gasteiger partial charge in [-0.1, -0.05) is 53.8 Å². The van der Waals surface area contributed by atoms with Crippen LogP contribution in [0.2, 0.25) is 0 Å². The zero-order chi connectivity index (χ0) is 17.8. The topological polar surface area (TPSA) is 54.6 Å². The van der Waals surface area contributed by atoms with Gasteiger partial charge in [0.2, 0.25) is 0 Å². The van der Waals surface area contributed by atoms with E-state index in [1.165, 1.54) is 11.3 Å². The zero-order valence-corrected chi connectivity index (χ0v) is 15.1. The molecular weight excluding hydrogens is 332 g/mol. The normalized spacial score (nSPS) is 11.7. The predicted octanol–water partition coefficient (Wildman–Crippen LogP) is 3.95. The standard InChI is InChI=1S/C20H20N2O2S/c1-14-19(15(2)24)25-20(22(14)12-13-23)21-18-10-8-17(9-11-18)16-6-4-3-5-7-16/h3-11,23H,12-13H2,1-2H3. The van der Waals surface area contributed by atoms with E-state index < -0.39 is 0 Å². The van der Waals surface area contributed by atoms with Gasteiger partial charge in [0.15, 0.2) is 10.6 Å². The third-order valence-electron chi connectivity index (χ3n) is 4.00. The van der Waals surface area contributed by atoms with Crippen LogP contribution in [0.4, 0.5) is 5.69 Å². The third-order valence-corrected chi connectivity index (χ3v) is 5.28. The van der Waals surface area contributed by atoms with Crippen LogP contribution in [0.15, 0.2) is 59.6 Å². The predicted molar refractivity (Wildman–Crippen MR) is 101 cm³/mol. The van der Waals surface area contributed by atoms with E-state index >= 15 is 0 Å². The Morgan fingerprint density at radius 2 is 1.72 bits per heavy atom. The molecule has 0 aliphatic heterocycles. The molecule has 0 spiro atoms. The highest BCUT2D eigenvalue weighted by atomic mass is 32.1. The molecule has 0 bridgehead atoms. The molecule has 5 heteroatoms. The molecular formula is C20H20N2O2S. The molecule has 3 rings (SSSR count). The highest BCUT2D eigenvalue weighted by Crippen LogP contribution is 2.22. The summed E-state index contributed by atoms with van der Waals surface area (Å²) in [5.74, 6) is 0.0232. The van der Waals surface area contributed by atoms with Crippen LogP contribution in [0.5, 0.6) is 0 Å². The zero-order valence-electron chi connectivity index (χ0n) is 14.3. The van der Waals surface area contributed by atoms with Crippen molar-refractivity contribution in [2.24, 2.45) is 4.99 Å². The number of aliphatic hydroxyl groups excluding tert-OH is 1. The Kier molecular flexibility index (Phi) is 5.26. The molecule has 0 amide bonds. The van der Waals surface area contributed by atoms with E-state index in [1.54, 1.807) is 6.92 Å². The first-order valence-corrected chi connectivity index (χ1v) is 8.94. The second kappa shape index (κ2) is 7.59. The number of rotatable bonds is 5. The molecule has 1 aromatic heterocycles. The van der Waals surface area contributed by atoms with Gasteiger partial charge in [-0.15, -0.1) is 0 Å². The number of carbonyl (C=O) groups excluding carboxylic acids is 1. The van der Waals surface area contributed by atoms with Gasteiger partial charge in [-0.25, -0.2) is 4.99 Å². The van der Waals surface area contributed by atoms with Crippen molar-refractivity contribution >= 4 is 22.8 Å². The molecule has 0 saturated carbocycles. The Morgan fingerprint density at radius 1 is 1.08 bits per heavy atom. The van der Waals surface area contributed by atoms with Crippen LogP contribution in [0, 0.1) is 6.92 Å². The van der Waals surface area contributed by atoms with Crippen molar-refractivity contribution in [2.45, 2.75) is 20.4 Å². The maximum Gasteiger partial charge on any atom is 0.190 e. The summed E-state index contributed by atoms with van der Waals surface area (Å²) in [6.45, 7) is 3.88. The Hall–Kier alpha value is -2.50. The summed E-state index contributed by atoms with van der Waals surface area (Å²) in [7, 11) is 0. The van der Waals surface area contributed by atoms with Crippen LogP contribution in [0.1, 0.15) is 22.3 Å². The second-order valence-electron chi connectivity index (χ2n) is 5.76. The SMILES string of the molecule is CC(=O)c1sc(=Nc2ccc(-c3ccccc3)cc2)n(CCO)c1C. The van der Waals surface area contributed by atoms with Crippen molar-refractivity contribution in [3.8, 4) is 11.1 Å². The molecule has 0 aliphatic rings. The quantitative estimate of drug-likeness (QED) is 0.707. The molecule has 4 nitrogen and oxygen atoms in total. The van der Waals surface area contributed by atoms with Crippen molar-refractivity contribution < 1.29 is 9.90 Å². The van der Waals surface area contributed by atoms with Gasteiger partial charge in [0.25, 0.3) is 0 Å². The maximum absolute atomic E-state index is 11.8. The number of carbonyl (C=O) groups is 1. The van der Waals surface area contributed by atoms with E-state index in [2.05, 4.69) is 17.1 Å². The first-order chi connectivity index (χ1) is 12.1. The smallest absolute Gasteiger partial charge is 0.190 e. The minimum atomic E-state index is 0.00898. The molecule has 2 aromatic carbocycles. The molecule has 1 N–H and O–H groups in total. The van der Waals surface area contributed by atoms with Crippen LogP contribution in [-0.4, -0.2) is 22.1 Å². The maximum atomic E-state index is 11.8. The van der Waals surface area contributed by atoms with Crippen molar-refractivity contribution in [2.75, 3.05) is 6.61 Å². The molecule has 0 saturated heterocycles. The van der Waals surface area contributed by atoms with Crippen LogP contribution in [0.25, 0.3) is 11.1 Å². The summed E-state index contributed by atoms with van der Waals surface area (Å²) in [5.41, 5.74) is 3.97. The lowest BCUT2D eigenvalue weighted by atomic mass is 10.1. The highest BCUT2D eigenvalue weighted by Gasteiger charge is 2.13. The number of aromatic nitrogens is 1. The van der Waals surface area contributed by atoms with E-state index in [4.69, 9.17) is 0 Å². The van der Waals surface area contributed by atoms with E-state index in [-0.39, 0.29) is 12.4 Å². The summed E-state index contributed by atoms with van der Waals surface area (Å²) in [4.78, 5) is 17.9. The fourth-order valence-electron chi connectivity index (χ4n) is 2.73. The summed E-state index contributed by atoms with van der Waals surface area (Å²) in [6, 6.07) is 18.2. The fraction of sp³-hybridized carbons (Fsp3) is 0.200. The molecule has 1 heterocycles. The van der Waals surface area contributed by atoms with Crippen molar-refractivity contribution in [1.82, 2.24) is 4.57 Å². The van der Waals surface area contributed by atoms with Crippen LogP contribution in [-0.2, 0) is 6.54 Å². The first-order valence-electron chi connectivity index (χ1n) is 8.12. The molecule has 0 atom stereocenters. The molecule has 0 radical (unpaired) electrons. The molecule has 3 aromatic rings. The number of hydrogen-bond donors (Lipinski definition) is 1. The van der Waals surface area contributed by atoms with E-state index in [1.807, 2.05) is 54.0 Å². The van der Waals surface area contributed by atoms with Gasteiger partial charge in [-0.3, -0.25) is 4.79 Å². The monoisotopic (exact) mass is 352 g/mol. The Morgan fingerprint density at radius 3 is 2.32 bits per heavy atom. The van der Waals surface area contributed by atoms with Crippen molar-refractivity contribution in [3.63, 3.8) is 0 Å². The number of aliphatic hydroxyl groups is 1. The number of nitrogens with zero attached hydrogens (tertiary/aromatic N) is 2. The third kappa shape index (κ3) is 3.78. The van der Waals surface area contributed by atoms with Crippen LogP contribution in [0.3, 0.4) is 0 Å². The van der Waals surface area contributed by atoms with Gasteiger partial charge >= 0.3 is 0 Å². The van der Waals surface area contributed by atoms with E-state index in [9.17, 15) is 9.90 Å². The van der Waals surface area contributed by atoms with Gasteiger partial charge in [-0.05, 0) is 30.2 Å². The van der Waals surface area contributed by atoms with Crippen molar-refractivity contribution in [3.05, 3.63) is 70.0 Å². The lowest BCUT2D eigenvalue weighted by Gasteiger charge is -2.04. The Bertz CT molecular complexity index is 938. The lowest BCUT2D eigenvalue weighted by molar-refractivity contribution is 0.102. The molecule has 128 valence electrons. The van der Waals surface area contributed by atoms with E-state index in [0.29, 0.717) is 11.4 Å². The molecule has 0 unspecified atom stereocenters. The number of Topliss-reactive ketones (excluding diaryl/α,β-unsaturated/α-hetero) is 1. The van der Waals surface area contributed by atoms with Crippen LogP contribution >= 0.6 is 11.3 Å². The summed E-state index contributed by atoms with van der Waals surface area (Å²) in [6.07, 6.45) is 0. The van der Waals surface area contributed by atoms with Gasteiger partial charge in [-0.2, -0.15) is 0 Å². The largest absolute Gasteiger partial charge is 0.395 e. The number of ketones is 1. The average molecular weight is 352 g/mol. The van der Waals surface area contributed by atoms with Crippen LogP contribution < -0.4 is 4.80 Å². The molecule has 25 heavy (non-hydrogen) atoms. The summed E-state index contributed by atoms with van der Waals surface area (Å²) >= 11 is 1.37. The molecule has 0 fully saturated rings. The number of benzene rings is 2. The average Bonchev–Trinajstić information content (AvgIpc) is 2.93. The highest BCUT2D eigenvalue weighted by molar-refractivity contribution is 7.11. The number of thiazole rings is 1. The van der Waals surface area contributed by atoms with Crippen molar-refractivity contribution in [1.29, 1.82) is 0 Å². The van der Waals surface area contributed by atoms with Gasteiger partial charge in [0.1, 0.15) is 0 Å². The lowest BCUT2D eigenvalue weighted by Crippen LogP contribution is -2.18. The van der Waals surface area contributed by atoms with Gasteiger partial charge < -0.3 is 9.67 Å². The summed E-state index contributed by atoms with van der Waals surface area (Å²) < 4.78 is 1.90. The van der Waals surface area contributed by atoms with E-state index in [0.717, 1.165) is 27.3 Å². The Balaban J connectivity index is 2.00.